The lowest BCUT2D eigenvalue weighted by Crippen LogP contribution is -1.95. The summed E-state index contributed by atoms with van der Waals surface area (Å²) in [6.45, 7) is 0.798. The quantitative estimate of drug-likeness (QED) is 0.575. The number of nitrogens with one attached hydrogen (secondary N) is 1. The molecule has 1 aromatic heterocycles. The molecule has 0 bridgehead atoms. The molecule has 0 unspecified atom stereocenters. The van der Waals surface area contributed by atoms with E-state index >= 15 is 0 Å². The van der Waals surface area contributed by atoms with Gasteiger partial charge in [-0.1, -0.05) is 0 Å². The van der Waals surface area contributed by atoms with Crippen molar-refractivity contribution in [3.63, 3.8) is 0 Å². The van der Waals surface area contributed by atoms with Gasteiger partial charge in [-0.25, -0.2) is 4.98 Å². The molecule has 1 aromatic rings. The molecule has 0 amide bonds. The second kappa shape index (κ2) is 6.62. The van der Waals surface area contributed by atoms with Crippen LogP contribution < -0.4 is 5.32 Å². The number of anilines is 1. The van der Waals surface area contributed by atoms with E-state index in [-0.39, 0.29) is 0 Å². The largest absolute Gasteiger partial charge is 0.385 e. The van der Waals surface area contributed by atoms with E-state index in [9.17, 15) is 0 Å². The van der Waals surface area contributed by atoms with Gasteiger partial charge in [0.1, 0.15) is 10.8 Å². The summed E-state index contributed by atoms with van der Waals surface area (Å²) in [5.41, 5.74) is 0. The summed E-state index contributed by atoms with van der Waals surface area (Å²) >= 11 is 1.70. The molecular weight excluding hydrogens is 198 g/mol. The first kappa shape index (κ1) is 11.3. The predicted octanol–water partition coefficient (Wildman–Crippen LogP) is 1.65. The number of nitrogens with zero attached hydrogens (tertiary/aromatic N) is 2. The minimum atomic E-state index is 0.798. The van der Waals surface area contributed by atoms with Gasteiger partial charge in [0.25, 0.3) is 0 Å². The Morgan fingerprint density at radius 3 is 3.07 bits per heavy atom. The molecule has 0 atom stereocenters. The van der Waals surface area contributed by atoms with Crippen LogP contribution in [0.2, 0.25) is 0 Å². The van der Waals surface area contributed by atoms with Crippen molar-refractivity contribution in [2.45, 2.75) is 11.4 Å². The third-order valence-corrected chi connectivity index (χ3v) is 2.60. The van der Waals surface area contributed by atoms with Gasteiger partial charge < -0.3 is 10.1 Å². The third-order valence-electron chi connectivity index (χ3n) is 1.61. The molecule has 14 heavy (non-hydrogen) atoms. The van der Waals surface area contributed by atoms with Gasteiger partial charge in [-0.2, -0.15) is 0 Å². The van der Waals surface area contributed by atoms with Gasteiger partial charge >= 0.3 is 0 Å². The van der Waals surface area contributed by atoms with Crippen LogP contribution >= 0.6 is 11.8 Å². The molecule has 0 aliphatic carbocycles. The van der Waals surface area contributed by atoms with Crippen LogP contribution in [0.1, 0.15) is 6.42 Å². The lowest BCUT2D eigenvalue weighted by molar-refractivity contribution is 0.200. The van der Waals surface area contributed by atoms with Gasteiger partial charge in [0.15, 0.2) is 0 Å². The fraction of sp³-hybridized carbons (Fsp3) is 0.556. The van der Waals surface area contributed by atoms with Crippen molar-refractivity contribution in [1.82, 2.24) is 9.97 Å². The highest BCUT2D eigenvalue weighted by Gasteiger charge is 1.97. The van der Waals surface area contributed by atoms with Gasteiger partial charge in [0.05, 0.1) is 12.4 Å². The molecule has 5 heteroatoms. The Bertz CT molecular complexity index is 270. The maximum absolute atomic E-state index is 4.96. The molecule has 0 aliphatic heterocycles. The lowest BCUT2D eigenvalue weighted by atomic mass is 10.5. The van der Waals surface area contributed by atoms with Crippen LogP contribution in [0.25, 0.3) is 0 Å². The first-order valence-corrected chi connectivity index (χ1v) is 5.47. The van der Waals surface area contributed by atoms with Crippen LogP contribution in [-0.4, -0.2) is 36.5 Å². The zero-order chi connectivity index (χ0) is 10.2. The molecule has 0 aliphatic rings. The Morgan fingerprint density at radius 1 is 1.50 bits per heavy atom. The van der Waals surface area contributed by atoms with Gasteiger partial charge in [-0.3, -0.25) is 4.98 Å². The Morgan fingerprint density at radius 2 is 2.36 bits per heavy atom. The van der Waals surface area contributed by atoms with E-state index in [2.05, 4.69) is 15.3 Å². The topological polar surface area (TPSA) is 47.0 Å². The summed E-state index contributed by atoms with van der Waals surface area (Å²) in [5.74, 6) is 1.82. The molecule has 0 radical (unpaired) electrons. The highest BCUT2D eigenvalue weighted by Crippen LogP contribution is 2.16. The number of rotatable bonds is 6. The molecule has 1 rings (SSSR count). The molecule has 4 nitrogen and oxygen atoms in total. The van der Waals surface area contributed by atoms with E-state index in [1.165, 1.54) is 0 Å². The van der Waals surface area contributed by atoms with Crippen molar-refractivity contribution in [1.29, 1.82) is 0 Å². The van der Waals surface area contributed by atoms with Crippen LogP contribution in [0.5, 0.6) is 0 Å². The van der Waals surface area contributed by atoms with Crippen molar-refractivity contribution in [3.8, 4) is 0 Å². The molecule has 1 heterocycles. The van der Waals surface area contributed by atoms with Crippen molar-refractivity contribution < 1.29 is 4.74 Å². The van der Waals surface area contributed by atoms with Gasteiger partial charge in [0, 0.05) is 26.5 Å². The lowest BCUT2D eigenvalue weighted by Gasteiger charge is -2.02. The maximum atomic E-state index is 4.96. The average molecular weight is 213 g/mol. The standard InChI is InChI=1S/C9H15N3OS/c1-10-8-6-11-7-9(12-8)14-5-3-4-13-2/h6-7H,3-5H2,1-2H3,(H,10,12). The predicted molar refractivity (Wildman–Crippen MR) is 58.8 cm³/mol. The Hall–Kier alpha value is -0.810. The Kier molecular flexibility index (Phi) is 5.32. The van der Waals surface area contributed by atoms with E-state index < -0.39 is 0 Å². The van der Waals surface area contributed by atoms with Gasteiger partial charge in [-0.15, -0.1) is 11.8 Å². The summed E-state index contributed by atoms with van der Waals surface area (Å²) in [5, 5.41) is 3.91. The fourth-order valence-corrected chi connectivity index (χ4v) is 1.69. The zero-order valence-electron chi connectivity index (χ0n) is 8.49. The fourth-order valence-electron chi connectivity index (χ4n) is 0.918. The summed E-state index contributed by atoms with van der Waals surface area (Å²) in [7, 11) is 3.55. The normalized spacial score (nSPS) is 10.1. The Labute approximate surface area is 88.5 Å². The number of methoxy groups -OCH3 is 1. The van der Waals surface area contributed by atoms with Crippen molar-refractivity contribution >= 4 is 17.6 Å². The second-order valence-corrected chi connectivity index (χ2v) is 3.80. The molecule has 1 N–H and O–H groups in total. The molecular formula is C9H15N3OS. The zero-order valence-corrected chi connectivity index (χ0v) is 9.30. The average Bonchev–Trinajstić information content (AvgIpc) is 2.25. The number of hydrogen-bond donors (Lipinski definition) is 1. The van der Waals surface area contributed by atoms with Crippen LogP contribution in [0, 0.1) is 0 Å². The summed E-state index contributed by atoms with van der Waals surface area (Å²) in [6, 6.07) is 0. The smallest absolute Gasteiger partial charge is 0.145 e. The minimum absolute atomic E-state index is 0.798. The number of hydrogen-bond acceptors (Lipinski definition) is 5. The van der Waals surface area contributed by atoms with Crippen LogP contribution in [0.4, 0.5) is 5.82 Å². The van der Waals surface area contributed by atoms with Crippen LogP contribution in [0.15, 0.2) is 17.4 Å². The molecule has 0 saturated heterocycles. The third kappa shape index (κ3) is 3.93. The Balaban J connectivity index is 2.34. The summed E-state index contributed by atoms with van der Waals surface area (Å²) < 4.78 is 4.96. The summed E-state index contributed by atoms with van der Waals surface area (Å²) in [6.07, 6.45) is 4.52. The van der Waals surface area contributed by atoms with E-state index in [4.69, 9.17) is 4.74 Å². The van der Waals surface area contributed by atoms with E-state index in [1.807, 2.05) is 7.05 Å². The van der Waals surface area contributed by atoms with Crippen molar-refractivity contribution in [3.05, 3.63) is 12.4 Å². The molecule has 0 fully saturated rings. The highest BCUT2D eigenvalue weighted by molar-refractivity contribution is 7.99. The first-order chi connectivity index (χ1) is 6.86. The van der Waals surface area contributed by atoms with E-state index in [1.54, 1.807) is 31.3 Å². The van der Waals surface area contributed by atoms with Gasteiger partial charge in [-0.05, 0) is 6.42 Å². The second-order valence-electron chi connectivity index (χ2n) is 2.69. The van der Waals surface area contributed by atoms with Crippen LogP contribution in [0.3, 0.4) is 0 Å². The number of ether oxygens (including phenoxy) is 1. The molecule has 0 spiro atoms. The molecule has 78 valence electrons. The van der Waals surface area contributed by atoms with Crippen LogP contribution in [-0.2, 0) is 4.74 Å². The highest BCUT2D eigenvalue weighted by atomic mass is 32.2. The molecule has 0 aromatic carbocycles. The SMILES string of the molecule is CNc1cncc(SCCCOC)n1. The first-order valence-electron chi connectivity index (χ1n) is 4.48. The summed E-state index contributed by atoms with van der Waals surface area (Å²) in [4.78, 5) is 8.41. The molecule has 0 saturated carbocycles. The van der Waals surface area contributed by atoms with Crippen molar-refractivity contribution in [2.24, 2.45) is 0 Å². The number of thioether (sulfide) groups is 1. The van der Waals surface area contributed by atoms with E-state index in [0.717, 1.165) is 29.6 Å². The monoisotopic (exact) mass is 213 g/mol. The number of aromatic nitrogens is 2. The van der Waals surface area contributed by atoms with E-state index in [0.29, 0.717) is 0 Å². The van der Waals surface area contributed by atoms with Crippen molar-refractivity contribution in [2.75, 3.05) is 31.8 Å². The maximum Gasteiger partial charge on any atom is 0.145 e. The minimum Gasteiger partial charge on any atom is -0.385 e. The van der Waals surface area contributed by atoms with Gasteiger partial charge in [0.2, 0.25) is 0 Å².